The average molecular weight is 396 g/mol. The molecule has 1 atom stereocenters. The minimum atomic E-state index is -0.142. The fraction of sp³-hybridized carbons (Fsp3) is 0.455. The monoisotopic (exact) mass is 396 g/mol. The molecule has 29 heavy (non-hydrogen) atoms. The molecule has 3 amide bonds. The highest BCUT2D eigenvalue weighted by molar-refractivity contribution is 5.83. The van der Waals surface area contributed by atoms with Crippen LogP contribution in [0.2, 0.25) is 0 Å². The second-order valence-electron chi connectivity index (χ2n) is 7.81. The number of hydrogen-bond donors (Lipinski definition) is 1. The molecular formula is C22H28N4O3. The van der Waals surface area contributed by atoms with Crippen molar-refractivity contribution in [3.8, 4) is 0 Å². The third-order valence-electron chi connectivity index (χ3n) is 5.76. The Morgan fingerprint density at radius 2 is 2.00 bits per heavy atom. The average Bonchev–Trinajstić information content (AvgIpc) is 3.13. The third kappa shape index (κ3) is 4.62. The number of nitrogens with one attached hydrogen (secondary N) is 1. The van der Waals surface area contributed by atoms with Crippen molar-refractivity contribution in [2.24, 2.45) is 0 Å². The van der Waals surface area contributed by atoms with Crippen LogP contribution < -0.4 is 5.32 Å². The largest absolute Gasteiger partial charge is 0.467 e. The van der Waals surface area contributed by atoms with Gasteiger partial charge < -0.3 is 19.5 Å². The van der Waals surface area contributed by atoms with E-state index in [9.17, 15) is 9.59 Å². The zero-order valence-electron chi connectivity index (χ0n) is 16.8. The van der Waals surface area contributed by atoms with Crippen molar-refractivity contribution in [1.29, 1.82) is 0 Å². The zero-order chi connectivity index (χ0) is 20.2. The fourth-order valence-electron chi connectivity index (χ4n) is 4.17. The van der Waals surface area contributed by atoms with Crippen LogP contribution in [0, 0.1) is 6.92 Å². The van der Waals surface area contributed by atoms with Gasteiger partial charge in [-0.15, -0.1) is 0 Å². The van der Waals surface area contributed by atoms with Gasteiger partial charge in [0.15, 0.2) is 0 Å². The van der Waals surface area contributed by atoms with Gasteiger partial charge in [-0.3, -0.25) is 9.69 Å². The molecule has 154 valence electrons. The molecule has 0 spiro atoms. The summed E-state index contributed by atoms with van der Waals surface area (Å²) in [6, 6.07) is 11.7. The number of amides is 3. The van der Waals surface area contributed by atoms with E-state index in [4.69, 9.17) is 4.42 Å². The molecule has 2 saturated heterocycles. The Morgan fingerprint density at radius 3 is 2.79 bits per heavy atom. The first-order valence-electron chi connectivity index (χ1n) is 10.2. The molecule has 1 N–H and O–H groups in total. The third-order valence-corrected chi connectivity index (χ3v) is 5.76. The van der Waals surface area contributed by atoms with Crippen molar-refractivity contribution in [1.82, 2.24) is 20.0 Å². The number of hydrogen-bond acceptors (Lipinski definition) is 4. The number of nitrogens with zero attached hydrogens (tertiary/aromatic N) is 3. The molecular weight excluding hydrogens is 368 g/mol. The number of aryl methyl sites for hydroxylation is 1. The van der Waals surface area contributed by atoms with E-state index in [1.54, 1.807) is 17.2 Å². The number of fused-ring (bicyclic) bond motifs is 1. The van der Waals surface area contributed by atoms with Crippen LogP contribution >= 0.6 is 0 Å². The van der Waals surface area contributed by atoms with Gasteiger partial charge in [0.05, 0.1) is 18.8 Å². The molecule has 0 aliphatic carbocycles. The molecule has 0 radical (unpaired) electrons. The van der Waals surface area contributed by atoms with Gasteiger partial charge in [0.1, 0.15) is 5.76 Å². The van der Waals surface area contributed by atoms with Crippen LogP contribution in [0.4, 0.5) is 4.79 Å². The first-order chi connectivity index (χ1) is 14.1. The van der Waals surface area contributed by atoms with Crippen molar-refractivity contribution in [2.45, 2.75) is 32.5 Å². The Balaban J connectivity index is 1.34. The van der Waals surface area contributed by atoms with Crippen molar-refractivity contribution in [3.63, 3.8) is 0 Å². The summed E-state index contributed by atoms with van der Waals surface area (Å²) in [4.78, 5) is 31.6. The summed E-state index contributed by atoms with van der Waals surface area (Å²) in [6.45, 7) is 6.61. The van der Waals surface area contributed by atoms with Crippen LogP contribution in [-0.4, -0.2) is 65.4 Å². The molecule has 1 aromatic carbocycles. The fourth-order valence-corrected chi connectivity index (χ4v) is 4.17. The Bertz CT molecular complexity index is 852. The topological polar surface area (TPSA) is 69.0 Å². The number of carbonyl (C=O) groups is 2. The minimum absolute atomic E-state index is 0.106. The molecule has 0 bridgehead atoms. The van der Waals surface area contributed by atoms with Crippen LogP contribution in [0.25, 0.3) is 0 Å². The van der Waals surface area contributed by atoms with Gasteiger partial charge in [-0.1, -0.05) is 29.8 Å². The van der Waals surface area contributed by atoms with E-state index in [0.29, 0.717) is 32.6 Å². The first-order valence-corrected chi connectivity index (χ1v) is 10.2. The lowest BCUT2D eigenvalue weighted by molar-refractivity contribution is -0.142. The quantitative estimate of drug-likeness (QED) is 0.860. The zero-order valence-corrected chi connectivity index (χ0v) is 16.8. The molecule has 4 rings (SSSR count). The number of urea groups is 1. The number of rotatable bonds is 4. The van der Waals surface area contributed by atoms with Gasteiger partial charge in [0, 0.05) is 39.3 Å². The Labute approximate surface area is 171 Å². The van der Waals surface area contributed by atoms with Crippen LogP contribution in [0.1, 0.15) is 23.3 Å². The maximum Gasteiger partial charge on any atom is 0.317 e. The number of benzene rings is 1. The SMILES string of the molecule is Cc1cccc(CN2CCN3CCN(C(=O)NCc4ccco4)CCC3C2=O)c1. The molecule has 1 unspecified atom stereocenters. The van der Waals surface area contributed by atoms with Crippen molar-refractivity contribution >= 4 is 11.9 Å². The van der Waals surface area contributed by atoms with Crippen LogP contribution in [0.3, 0.4) is 0 Å². The molecule has 2 aliphatic heterocycles. The van der Waals surface area contributed by atoms with Gasteiger partial charge in [-0.05, 0) is 31.0 Å². The molecule has 2 fully saturated rings. The normalized spacial score (nSPS) is 20.3. The predicted molar refractivity (Wildman–Crippen MR) is 109 cm³/mol. The maximum atomic E-state index is 13.1. The van der Waals surface area contributed by atoms with Gasteiger partial charge in [0.25, 0.3) is 0 Å². The van der Waals surface area contributed by atoms with Gasteiger partial charge in [-0.2, -0.15) is 0 Å². The molecule has 3 heterocycles. The van der Waals surface area contributed by atoms with Gasteiger partial charge in [0.2, 0.25) is 5.91 Å². The number of furan rings is 1. The van der Waals surface area contributed by atoms with Crippen LogP contribution in [0.15, 0.2) is 47.1 Å². The Kier molecular flexibility index (Phi) is 5.85. The van der Waals surface area contributed by atoms with E-state index >= 15 is 0 Å². The van der Waals surface area contributed by atoms with Crippen molar-refractivity contribution in [3.05, 3.63) is 59.5 Å². The van der Waals surface area contributed by atoms with E-state index in [0.717, 1.165) is 25.4 Å². The summed E-state index contributed by atoms with van der Waals surface area (Å²) in [7, 11) is 0. The number of carbonyl (C=O) groups excluding carboxylic acids is 2. The summed E-state index contributed by atoms with van der Waals surface area (Å²) in [5, 5.41) is 2.90. The minimum Gasteiger partial charge on any atom is -0.467 e. The van der Waals surface area contributed by atoms with Crippen LogP contribution in [0.5, 0.6) is 0 Å². The van der Waals surface area contributed by atoms with Gasteiger partial charge >= 0.3 is 6.03 Å². The maximum absolute atomic E-state index is 13.1. The highest BCUT2D eigenvalue weighted by atomic mass is 16.3. The molecule has 1 aromatic heterocycles. The summed E-state index contributed by atoms with van der Waals surface area (Å²) >= 11 is 0. The molecule has 7 heteroatoms. The Morgan fingerprint density at radius 1 is 1.14 bits per heavy atom. The summed E-state index contributed by atoms with van der Waals surface area (Å²) in [6.07, 6.45) is 2.26. The summed E-state index contributed by atoms with van der Waals surface area (Å²) in [5.41, 5.74) is 2.37. The van der Waals surface area contributed by atoms with E-state index < -0.39 is 0 Å². The molecule has 7 nitrogen and oxygen atoms in total. The standard InChI is InChI=1S/C22H28N4O3/c1-17-4-2-5-18(14-17)16-26-12-10-24-9-11-25(8-7-20(24)21(26)27)22(28)23-15-19-6-3-13-29-19/h2-6,13-14,20H,7-12,15-16H2,1H3,(H,23,28). The van der Waals surface area contributed by atoms with E-state index in [1.807, 2.05) is 17.0 Å². The van der Waals surface area contributed by atoms with E-state index in [1.165, 1.54) is 11.1 Å². The highest BCUT2D eigenvalue weighted by Gasteiger charge is 2.37. The lowest BCUT2D eigenvalue weighted by Gasteiger charge is -2.39. The second-order valence-corrected chi connectivity index (χ2v) is 7.81. The predicted octanol–water partition coefficient (Wildman–Crippen LogP) is 2.22. The highest BCUT2D eigenvalue weighted by Crippen LogP contribution is 2.20. The van der Waals surface area contributed by atoms with E-state index in [-0.39, 0.29) is 18.0 Å². The smallest absolute Gasteiger partial charge is 0.317 e. The second kappa shape index (κ2) is 8.69. The number of piperazine rings is 1. The van der Waals surface area contributed by atoms with Crippen molar-refractivity contribution < 1.29 is 14.0 Å². The molecule has 0 saturated carbocycles. The summed E-state index contributed by atoms with van der Waals surface area (Å²) < 4.78 is 5.26. The lowest BCUT2D eigenvalue weighted by Crippen LogP contribution is -2.56. The molecule has 2 aromatic rings. The van der Waals surface area contributed by atoms with Gasteiger partial charge in [-0.25, -0.2) is 4.79 Å². The summed E-state index contributed by atoms with van der Waals surface area (Å²) in [5.74, 6) is 0.906. The lowest BCUT2D eigenvalue weighted by atomic mass is 10.1. The Hall–Kier alpha value is -2.80. The first kappa shape index (κ1) is 19.5. The van der Waals surface area contributed by atoms with E-state index in [2.05, 4.69) is 35.3 Å². The molecule has 2 aliphatic rings. The van der Waals surface area contributed by atoms with Crippen LogP contribution in [-0.2, 0) is 17.9 Å². The van der Waals surface area contributed by atoms with Crippen molar-refractivity contribution in [2.75, 3.05) is 32.7 Å².